The van der Waals surface area contributed by atoms with Crippen molar-refractivity contribution in [1.82, 2.24) is 0 Å². The molecular weight excluding hydrogens is 182 g/mol. The SMILES string of the molecule is C[N-]C1c2ccccc2-c2ccccc21. The molecule has 1 aliphatic rings. The maximum atomic E-state index is 4.47. The first-order chi connectivity index (χ1) is 7.42. The molecule has 1 aliphatic carbocycles. The van der Waals surface area contributed by atoms with E-state index in [-0.39, 0.29) is 6.04 Å². The van der Waals surface area contributed by atoms with Crippen molar-refractivity contribution >= 4 is 0 Å². The second-order valence-corrected chi connectivity index (χ2v) is 3.84. The fourth-order valence-electron chi connectivity index (χ4n) is 2.41. The second kappa shape index (κ2) is 3.21. The number of hydrogen-bond acceptors (Lipinski definition) is 0. The molecule has 0 amide bonds. The Morgan fingerprint density at radius 3 is 1.73 bits per heavy atom. The van der Waals surface area contributed by atoms with Gasteiger partial charge in [-0.05, 0) is 11.1 Å². The van der Waals surface area contributed by atoms with E-state index >= 15 is 0 Å². The lowest BCUT2D eigenvalue weighted by Gasteiger charge is -2.25. The molecule has 0 saturated heterocycles. The van der Waals surface area contributed by atoms with Crippen LogP contribution in [-0.2, 0) is 0 Å². The minimum Gasteiger partial charge on any atom is -0.655 e. The molecule has 2 aromatic carbocycles. The maximum absolute atomic E-state index is 4.47. The molecule has 0 N–H and O–H groups in total. The van der Waals surface area contributed by atoms with Gasteiger partial charge in [-0.15, -0.1) is 0 Å². The zero-order valence-corrected chi connectivity index (χ0v) is 8.64. The molecule has 0 unspecified atom stereocenters. The molecule has 74 valence electrons. The van der Waals surface area contributed by atoms with Gasteiger partial charge in [0.25, 0.3) is 0 Å². The molecule has 0 bridgehead atoms. The van der Waals surface area contributed by atoms with E-state index in [1.165, 1.54) is 22.3 Å². The minimum atomic E-state index is 0.234. The first kappa shape index (κ1) is 8.69. The first-order valence-electron chi connectivity index (χ1n) is 5.19. The summed E-state index contributed by atoms with van der Waals surface area (Å²) in [7, 11) is 1.89. The van der Waals surface area contributed by atoms with Crippen LogP contribution >= 0.6 is 0 Å². The van der Waals surface area contributed by atoms with Gasteiger partial charge in [0.15, 0.2) is 0 Å². The van der Waals surface area contributed by atoms with E-state index in [4.69, 9.17) is 0 Å². The molecule has 15 heavy (non-hydrogen) atoms. The summed E-state index contributed by atoms with van der Waals surface area (Å²) in [5, 5.41) is 4.47. The Labute approximate surface area is 89.8 Å². The van der Waals surface area contributed by atoms with Crippen LogP contribution in [0.5, 0.6) is 0 Å². The third kappa shape index (κ3) is 1.13. The number of fused-ring (bicyclic) bond motifs is 3. The van der Waals surface area contributed by atoms with Crippen LogP contribution in [0.1, 0.15) is 17.2 Å². The fourth-order valence-corrected chi connectivity index (χ4v) is 2.41. The van der Waals surface area contributed by atoms with E-state index in [1.54, 1.807) is 0 Å². The van der Waals surface area contributed by atoms with E-state index in [1.807, 2.05) is 7.05 Å². The van der Waals surface area contributed by atoms with Crippen molar-refractivity contribution in [2.24, 2.45) is 0 Å². The summed E-state index contributed by atoms with van der Waals surface area (Å²) >= 11 is 0. The molecule has 0 fully saturated rings. The average Bonchev–Trinajstić information content (AvgIpc) is 2.63. The number of benzene rings is 2. The Morgan fingerprint density at radius 1 is 0.800 bits per heavy atom. The summed E-state index contributed by atoms with van der Waals surface area (Å²) in [6.45, 7) is 0. The monoisotopic (exact) mass is 194 g/mol. The lowest BCUT2D eigenvalue weighted by molar-refractivity contribution is 1.01. The lowest BCUT2D eigenvalue weighted by Crippen LogP contribution is -1.92. The standard InChI is InChI=1S/C14H12N/c1-15-14-12-8-4-2-6-10(12)11-7-3-5-9-13(11)14/h2-9,14H,1H3/q-1. The van der Waals surface area contributed by atoms with Gasteiger partial charge in [-0.1, -0.05) is 65.7 Å². The Balaban J connectivity index is 2.31. The smallest absolute Gasteiger partial charge is 0.0161 e. The summed E-state index contributed by atoms with van der Waals surface area (Å²) in [6, 6.07) is 17.3. The molecule has 0 aromatic heterocycles. The molecule has 0 heterocycles. The maximum Gasteiger partial charge on any atom is -0.0161 e. The van der Waals surface area contributed by atoms with Crippen molar-refractivity contribution in [3.8, 4) is 11.1 Å². The van der Waals surface area contributed by atoms with E-state index in [9.17, 15) is 0 Å². The topological polar surface area (TPSA) is 14.1 Å². The third-order valence-corrected chi connectivity index (χ3v) is 3.06. The van der Waals surface area contributed by atoms with Gasteiger partial charge in [0.1, 0.15) is 0 Å². The number of hydrogen-bond donors (Lipinski definition) is 0. The van der Waals surface area contributed by atoms with Crippen molar-refractivity contribution in [3.63, 3.8) is 0 Å². The fraction of sp³-hybridized carbons (Fsp3) is 0.143. The highest BCUT2D eigenvalue weighted by Crippen LogP contribution is 2.46. The summed E-state index contributed by atoms with van der Waals surface area (Å²) < 4.78 is 0. The minimum absolute atomic E-state index is 0.234. The van der Waals surface area contributed by atoms with Gasteiger partial charge in [0.05, 0.1) is 0 Å². The molecule has 1 nitrogen and oxygen atoms in total. The van der Waals surface area contributed by atoms with Crippen LogP contribution in [0, 0.1) is 0 Å². The van der Waals surface area contributed by atoms with Crippen LogP contribution in [0.3, 0.4) is 0 Å². The Hall–Kier alpha value is -1.60. The van der Waals surface area contributed by atoms with Crippen LogP contribution < -0.4 is 0 Å². The Kier molecular flexibility index (Phi) is 1.86. The highest BCUT2D eigenvalue weighted by atomic mass is 14.9. The summed E-state index contributed by atoms with van der Waals surface area (Å²) in [5.41, 5.74) is 5.34. The van der Waals surface area contributed by atoms with Crippen LogP contribution in [0.2, 0.25) is 0 Å². The molecule has 0 radical (unpaired) electrons. The highest BCUT2D eigenvalue weighted by molar-refractivity contribution is 5.79. The van der Waals surface area contributed by atoms with E-state index in [0.29, 0.717) is 0 Å². The van der Waals surface area contributed by atoms with Crippen molar-refractivity contribution in [2.45, 2.75) is 6.04 Å². The van der Waals surface area contributed by atoms with Crippen molar-refractivity contribution < 1.29 is 0 Å². The quantitative estimate of drug-likeness (QED) is 0.656. The molecule has 1 heteroatoms. The molecule has 0 atom stereocenters. The van der Waals surface area contributed by atoms with Crippen LogP contribution in [0.25, 0.3) is 16.4 Å². The van der Waals surface area contributed by atoms with Gasteiger partial charge < -0.3 is 5.32 Å². The van der Waals surface area contributed by atoms with Gasteiger partial charge in [-0.25, -0.2) is 0 Å². The van der Waals surface area contributed by atoms with E-state index in [2.05, 4.69) is 53.8 Å². The highest BCUT2D eigenvalue weighted by Gasteiger charge is 2.20. The van der Waals surface area contributed by atoms with Gasteiger partial charge in [-0.2, -0.15) is 7.05 Å². The molecule has 2 aromatic rings. The van der Waals surface area contributed by atoms with E-state index in [0.717, 1.165) is 0 Å². The van der Waals surface area contributed by atoms with Crippen molar-refractivity contribution in [3.05, 3.63) is 65.0 Å². The van der Waals surface area contributed by atoms with Crippen LogP contribution in [0.15, 0.2) is 48.5 Å². The van der Waals surface area contributed by atoms with Crippen LogP contribution in [0.4, 0.5) is 0 Å². The van der Waals surface area contributed by atoms with Gasteiger partial charge >= 0.3 is 0 Å². The van der Waals surface area contributed by atoms with Gasteiger partial charge in [-0.3, -0.25) is 0 Å². The Morgan fingerprint density at radius 2 is 1.27 bits per heavy atom. The van der Waals surface area contributed by atoms with Gasteiger partial charge in [0, 0.05) is 0 Å². The zero-order chi connectivity index (χ0) is 10.3. The number of rotatable bonds is 1. The Bertz CT molecular complexity index is 457. The third-order valence-electron chi connectivity index (χ3n) is 3.06. The summed E-state index contributed by atoms with van der Waals surface area (Å²) in [5.74, 6) is 0. The van der Waals surface area contributed by atoms with Crippen molar-refractivity contribution in [1.29, 1.82) is 0 Å². The van der Waals surface area contributed by atoms with Gasteiger partial charge in [0.2, 0.25) is 0 Å². The predicted octanol–water partition coefficient (Wildman–Crippen LogP) is 3.76. The first-order valence-corrected chi connectivity index (χ1v) is 5.19. The zero-order valence-electron chi connectivity index (χ0n) is 8.64. The molecular formula is C14H12N-. The average molecular weight is 194 g/mol. The molecule has 0 aliphatic heterocycles. The summed E-state index contributed by atoms with van der Waals surface area (Å²) in [6.07, 6.45) is 0. The predicted molar refractivity (Wildman–Crippen MR) is 63.0 cm³/mol. The van der Waals surface area contributed by atoms with Crippen molar-refractivity contribution in [2.75, 3.05) is 7.05 Å². The molecule has 3 rings (SSSR count). The molecule has 0 saturated carbocycles. The van der Waals surface area contributed by atoms with Crippen LogP contribution in [-0.4, -0.2) is 7.05 Å². The normalized spacial score (nSPS) is 13.7. The van der Waals surface area contributed by atoms with E-state index < -0.39 is 0 Å². The summed E-state index contributed by atoms with van der Waals surface area (Å²) in [4.78, 5) is 0. The number of nitrogens with zero attached hydrogens (tertiary/aromatic N) is 1. The lowest BCUT2D eigenvalue weighted by atomic mass is 10.1. The second-order valence-electron chi connectivity index (χ2n) is 3.84. The molecule has 0 spiro atoms. The largest absolute Gasteiger partial charge is 0.655 e.